The molecule has 0 heterocycles. The molecule has 76 valence electrons. The maximum atomic E-state index is 5.26. The Hall–Kier alpha value is -1.44. The van der Waals surface area contributed by atoms with Crippen molar-refractivity contribution in [2.24, 2.45) is 0 Å². The number of hydrogen-bond donors (Lipinski definition) is 0. The van der Waals surface area contributed by atoms with E-state index in [1.54, 1.807) is 14.2 Å². The van der Waals surface area contributed by atoms with Crippen molar-refractivity contribution in [1.82, 2.24) is 0 Å². The molecule has 0 N–H and O–H groups in total. The van der Waals surface area contributed by atoms with Crippen molar-refractivity contribution in [3.63, 3.8) is 0 Å². The number of hydrogen-bond acceptors (Lipinski definition) is 2. The third-order valence-electron chi connectivity index (χ3n) is 1.90. The van der Waals surface area contributed by atoms with E-state index < -0.39 is 0 Å². The Morgan fingerprint density at radius 1 is 1.07 bits per heavy atom. The number of methoxy groups -OCH3 is 2. The first-order valence-electron chi connectivity index (χ1n) is 4.55. The van der Waals surface area contributed by atoms with Gasteiger partial charge in [-0.3, -0.25) is 0 Å². The monoisotopic (exact) mass is 192 g/mol. The van der Waals surface area contributed by atoms with Gasteiger partial charge in [0.25, 0.3) is 0 Å². The van der Waals surface area contributed by atoms with Gasteiger partial charge in [0.05, 0.1) is 19.8 Å². The lowest BCUT2D eigenvalue weighted by molar-refractivity contribution is 0.392. The highest BCUT2D eigenvalue weighted by molar-refractivity contribution is 5.65. The quantitative estimate of drug-likeness (QED) is 0.732. The fraction of sp³-hybridized carbons (Fsp3) is 0.333. The molecule has 1 aromatic carbocycles. The summed E-state index contributed by atoms with van der Waals surface area (Å²) in [5, 5.41) is 0. The van der Waals surface area contributed by atoms with E-state index in [1.807, 2.05) is 32.0 Å². The van der Waals surface area contributed by atoms with Gasteiger partial charge in [0.1, 0.15) is 11.5 Å². The van der Waals surface area contributed by atoms with E-state index in [0.29, 0.717) is 0 Å². The molecule has 0 aliphatic heterocycles. The van der Waals surface area contributed by atoms with Crippen molar-refractivity contribution >= 4 is 6.08 Å². The van der Waals surface area contributed by atoms with Gasteiger partial charge in [-0.2, -0.15) is 0 Å². The zero-order chi connectivity index (χ0) is 10.6. The van der Waals surface area contributed by atoms with Crippen molar-refractivity contribution in [1.29, 1.82) is 0 Å². The van der Waals surface area contributed by atoms with Gasteiger partial charge in [-0.05, 0) is 32.1 Å². The first-order chi connectivity index (χ1) is 6.69. The number of benzene rings is 1. The molecule has 1 rings (SSSR count). The van der Waals surface area contributed by atoms with E-state index in [-0.39, 0.29) is 0 Å². The van der Waals surface area contributed by atoms with E-state index in [1.165, 1.54) is 5.57 Å². The number of rotatable bonds is 3. The van der Waals surface area contributed by atoms with Crippen LogP contribution in [0.5, 0.6) is 11.5 Å². The van der Waals surface area contributed by atoms with Gasteiger partial charge < -0.3 is 9.47 Å². The first-order valence-corrected chi connectivity index (χ1v) is 4.55. The normalized spacial score (nSPS) is 9.43. The van der Waals surface area contributed by atoms with Crippen LogP contribution in [0.25, 0.3) is 6.08 Å². The first kappa shape index (κ1) is 10.6. The molecule has 0 fully saturated rings. The minimum Gasteiger partial charge on any atom is -0.496 e. The van der Waals surface area contributed by atoms with Crippen LogP contribution in [0.2, 0.25) is 0 Å². The number of allylic oxidation sites excluding steroid dienone is 1. The van der Waals surface area contributed by atoms with Crippen LogP contribution in [0.3, 0.4) is 0 Å². The van der Waals surface area contributed by atoms with Crippen LogP contribution < -0.4 is 9.47 Å². The molecule has 0 aliphatic carbocycles. The van der Waals surface area contributed by atoms with E-state index in [0.717, 1.165) is 17.1 Å². The second kappa shape index (κ2) is 4.70. The van der Waals surface area contributed by atoms with Gasteiger partial charge >= 0.3 is 0 Å². The fourth-order valence-electron chi connectivity index (χ4n) is 1.31. The maximum Gasteiger partial charge on any atom is 0.129 e. The van der Waals surface area contributed by atoms with Crippen LogP contribution in [0.15, 0.2) is 23.8 Å². The maximum absolute atomic E-state index is 5.26. The SMILES string of the molecule is COc1cccc(OC)c1C=C(C)C. The Labute approximate surface area is 85.2 Å². The molecule has 0 saturated carbocycles. The molecule has 0 amide bonds. The van der Waals surface area contributed by atoms with Gasteiger partial charge in [0.2, 0.25) is 0 Å². The Balaban J connectivity index is 3.26. The minimum atomic E-state index is 0.838. The largest absolute Gasteiger partial charge is 0.496 e. The lowest BCUT2D eigenvalue weighted by Gasteiger charge is -2.09. The molecule has 0 atom stereocenters. The topological polar surface area (TPSA) is 18.5 Å². The summed E-state index contributed by atoms with van der Waals surface area (Å²) in [6.07, 6.45) is 2.05. The molecule has 14 heavy (non-hydrogen) atoms. The lowest BCUT2D eigenvalue weighted by Crippen LogP contribution is -1.92. The Kier molecular flexibility index (Phi) is 3.57. The van der Waals surface area contributed by atoms with Crippen LogP contribution >= 0.6 is 0 Å². The minimum absolute atomic E-state index is 0.838. The summed E-state index contributed by atoms with van der Waals surface area (Å²) in [7, 11) is 3.33. The van der Waals surface area contributed by atoms with Crippen molar-refractivity contribution < 1.29 is 9.47 Å². The summed E-state index contributed by atoms with van der Waals surface area (Å²) < 4.78 is 10.5. The standard InChI is InChI=1S/C12H16O2/c1-9(2)8-10-11(13-3)6-5-7-12(10)14-4/h5-8H,1-4H3. The Morgan fingerprint density at radius 2 is 1.57 bits per heavy atom. The van der Waals surface area contributed by atoms with E-state index >= 15 is 0 Å². The molecule has 0 aliphatic rings. The second-order valence-corrected chi connectivity index (χ2v) is 3.30. The highest BCUT2D eigenvalue weighted by atomic mass is 16.5. The summed E-state index contributed by atoms with van der Waals surface area (Å²) in [5.41, 5.74) is 2.21. The summed E-state index contributed by atoms with van der Waals surface area (Å²) in [6, 6.07) is 5.77. The third kappa shape index (κ3) is 2.28. The predicted octanol–water partition coefficient (Wildman–Crippen LogP) is 3.13. The molecule has 0 spiro atoms. The predicted molar refractivity (Wildman–Crippen MR) is 58.9 cm³/mol. The highest BCUT2D eigenvalue weighted by Crippen LogP contribution is 2.30. The van der Waals surface area contributed by atoms with Crippen LogP contribution in [0.1, 0.15) is 19.4 Å². The summed E-state index contributed by atoms with van der Waals surface area (Å²) in [6.45, 7) is 4.10. The molecule has 0 aromatic heterocycles. The second-order valence-electron chi connectivity index (χ2n) is 3.30. The molecule has 2 heteroatoms. The lowest BCUT2D eigenvalue weighted by atomic mass is 10.1. The van der Waals surface area contributed by atoms with Gasteiger partial charge in [0, 0.05) is 0 Å². The number of ether oxygens (including phenoxy) is 2. The fourth-order valence-corrected chi connectivity index (χ4v) is 1.31. The van der Waals surface area contributed by atoms with Gasteiger partial charge in [-0.1, -0.05) is 11.6 Å². The molecule has 1 aromatic rings. The molecule has 0 saturated heterocycles. The zero-order valence-corrected chi connectivity index (χ0v) is 9.13. The van der Waals surface area contributed by atoms with E-state index in [4.69, 9.17) is 9.47 Å². The van der Waals surface area contributed by atoms with Gasteiger partial charge in [-0.25, -0.2) is 0 Å². The average molecular weight is 192 g/mol. The van der Waals surface area contributed by atoms with E-state index in [9.17, 15) is 0 Å². The summed E-state index contributed by atoms with van der Waals surface area (Å²) in [5.74, 6) is 1.68. The zero-order valence-electron chi connectivity index (χ0n) is 9.13. The van der Waals surface area contributed by atoms with Crippen LogP contribution in [-0.2, 0) is 0 Å². The van der Waals surface area contributed by atoms with Crippen molar-refractivity contribution in [3.8, 4) is 11.5 Å². The van der Waals surface area contributed by atoms with Crippen LogP contribution in [0, 0.1) is 0 Å². The molecular weight excluding hydrogens is 176 g/mol. The smallest absolute Gasteiger partial charge is 0.129 e. The van der Waals surface area contributed by atoms with Crippen molar-refractivity contribution in [2.75, 3.05) is 14.2 Å². The van der Waals surface area contributed by atoms with Crippen molar-refractivity contribution in [3.05, 3.63) is 29.3 Å². The Bertz CT molecular complexity index is 314. The van der Waals surface area contributed by atoms with Crippen LogP contribution in [-0.4, -0.2) is 14.2 Å². The van der Waals surface area contributed by atoms with Gasteiger partial charge in [0.15, 0.2) is 0 Å². The molecule has 2 nitrogen and oxygen atoms in total. The van der Waals surface area contributed by atoms with Crippen LogP contribution in [0.4, 0.5) is 0 Å². The molecular formula is C12H16O2. The average Bonchev–Trinajstić information content (AvgIpc) is 2.17. The molecule has 0 radical (unpaired) electrons. The summed E-state index contributed by atoms with van der Waals surface area (Å²) >= 11 is 0. The van der Waals surface area contributed by atoms with Gasteiger partial charge in [-0.15, -0.1) is 0 Å². The van der Waals surface area contributed by atoms with Crippen molar-refractivity contribution in [2.45, 2.75) is 13.8 Å². The molecule has 0 bridgehead atoms. The third-order valence-corrected chi connectivity index (χ3v) is 1.90. The van der Waals surface area contributed by atoms with E-state index in [2.05, 4.69) is 6.08 Å². The highest BCUT2D eigenvalue weighted by Gasteiger charge is 2.05. The summed E-state index contributed by atoms with van der Waals surface area (Å²) in [4.78, 5) is 0. The Morgan fingerprint density at radius 3 is 1.93 bits per heavy atom. The molecule has 0 unspecified atom stereocenters.